The fourth-order valence-electron chi connectivity index (χ4n) is 3.81. The van der Waals surface area contributed by atoms with Crippen LogP contribution in [0.4, 0.5) is 17.2 Å². The zero-order valence-corrected chi connectivity index (χ0v) is 18.7. The number of carbonyl (C=O) groups is 1. The van der Waals surface area contributed by atoms with Crippen molar-refractivity contribution in [1.82, 2.24) is 9.97 Å². The van der Waals surface area contributed by atoms with E-state index in [9.17, 15) is 14.9 Å². The van der Waals surface area contributed by atoms with Crippen LogP contribution in [0.1, 0.15) is 12.8 Å². The zero-order chi connectivity index (χ0) is 23.4. The molecule has 1 amide bonds. The maximum atomic E-state index is 12.8. The molecule has 0 saturated carbocycles. The average molecular weight is 468 g/mol. The van der Waals surface area contributed by atoms with Gasteiger partial charge in [0.1, 0.15) is 23.6 Å². The van der Waals surface area contributed by atoms with Crippen LogP contribution < -0.4 is 15.0 Å². The number of nitro groups is 1. The van der Waals surface area contributed by atoms with Crippen molar-refractivity contribution in [2.45, 2.75) is 12.8 Å². The van der Waals surface area contributed by atoms with Gasteiger partial charge in [0.25, 0.3) is 5.69 Å². The molecule has 1 aromatic heterocycles. The number of hydrogen-bond acceptors (Lipinski definition) is 7. The van der Waals surface area contributed by atoms with Gasteiger partial charge in [0.15, 0.2) is 0 Å². The van der Waals surface area contributed by atoms with Crippen molar-refractivity contribution in [2.75, 3.05) is 30.4 Å². The Labute approximate surface area is 195 Å². The second kappa shape index (κ2) is 9.83. The lowest BCUT2D eigenvalue weighted by molar-refractivity contribution is -0.383. The van der Waals surface area contributed by atoms with Gasteiger partial charge in [-0.2, -0.15) is 0 Å². The number of nitro benzene ring substituents is 1. The van der Waals surface area contributed by atoms with Crippen LogP contribution in [0.25, 0.3) is 11.3 Å². The third kappa shape index (κ3) is 5.20. The summed E-state index contributed by atoms with van der Waals surface area (Å²) in [6.45, 7) is 1.27. The Morgan fingerprint density at radius 2 is 1.88 bits per heavy atom. The maximum Gasteiger partial charge on any atom is 0.292 e. The second-order valence-corrected chi connectivity index (χ2v) is 8.10. The molecule has 3 aromatic rings. The van der Waals surface area contributed by atoms with Gasteiger partial charge in [-0.05, 0) is 49.2 Å². The number of hydrogen-bond donors (Lipinski definition) is 1. The lowest BCUT2D eigenvalue weighted by Crippen LogP contribution is -2.38. The summed E-state index contributed by atoms with van der Waals surface area (Å²) in [7, 11) is 1.62. The van der Waals surface area contributed by atoms with Gasteiger partial charge in [0.2, 0.25) is 5.91 Å². The molecule has 0 unspecified atom stereocenters. The van der Waals surface area contributed by atoms with E-state index in [1.54, 1.807) is 7.11 Å². The molecule has 4 rings (SSSR count). The predicted octanol–water partition coefficient (Wildman–Crippen LogP) is 4.57. The van der Waals surface area contributed by atoms with E-state index in [0.717, 1.165) is 22.8 Å². The van der Waals surface area contributed by atoms with Crippen LogP contribution in [0.5, 0.6) is 5.75 Å². The lowest BCUT2D eigenvalue weighted by Gasteiger charge is -2.32. The van der Waals surface area contributed by atoms with Crippen LogP contribution in [0.3, 0.4) is 0 Å². The molecule has 0 radical (unpaired) electrons. The Hall–Kier alpha value is -3.72. The van der Waals surface area contributed by atoms with Gasteiger partial charge in [-0.25, -0.2) is 9.97 Å². The number of methoxy groups -OCH3 is 1. The topological polar surface area (TPSA) is 110 Å². The first-order chi connectivity index (χ1) is 15.9. The average Bonchev–Trinajstić information content (AvgIpc) is 2.84. The number of rotatable bonds is 6. The SMILES string of the molecule is COc1ccc(-c2cc(N3CCC(C(=O)Nc4cc(Cl)ccc4[N+](=O)[O-])CC3)ncn2)cc1. The highest BCUT2D eigenvalue weighted by Crippen LogP contribution is 2.30. The zero-order valence-electron chi connectivity index (χ0n) is 17.9. The number of benzene rings is 2. The summed E-state index contributed by atoms with van der Waals surface area (Å²) in [5.74, 6) is 1.06. The monoisotopic (exact) mass is 467 g/mol. The fourth-order valence-corrected chi connectivity index (χ4v) is 3.98. The van der Waals surface area contributed by atoms with Crippen molar-refractivity contribution in [3.05, 3.63) is 70.0 Å². The summed E-state index contributed by atoms with van der Waals surface area (Å²) < 4.78 is 5.20. The summed E-state index contributed by atoms with van der Waals surface area (Å²) in [4.78, 5) is 34.3. The largest absolute Gasteiger partial charge is 0.497 e. The number of halogens is 1. The van der Waals surface area contributed by atoms with Gasteiger partial charge in [-0.3, -0.25) is 14.9 Å². The first kappa shape index (κ1) is 22.5. The van der Waals surface area contributed by atoms with Crippen LogP contribution in [0, 0.1) is 16.0 Å². The standard InChI is InChI=1S/C23H22ClN5O4/c1-33-18-5-2-15(3-6-18)19-13-22(26-14-25-19)28-10-8-16(9-11-28)23(30)27-20-12-17(24)4-7-21(20)29(31)32/h2-7,12-14,16H,8-11H2,1H3,(H,27,30). The molecule has 1 fully saturated rings. The smallest absolute Gasteiger partial charge is 0.292 e. The minimum atomic E-state index is -0.538. The van der Waals surface area contributed by atoms with Gasteiger partial charge in [0.05, 0.1) is 17.7 Å². The Balaban J connectivity index is 1.40. The Morgan fingerprint density at radius 3 is 2.55 bits per heavy atom. The number of nitrogens with zero attached hydrogens (tertiary/aromatic N) is 4. The van der Waals surface area contributed by atoms with E-state index in [1.807, 2.05) is 30.3 Å². The van der Waals surface area contributed by atoms with E-state index in [1.165, 1.54) is 24.5 Å². The number of aromatic nitrogens is 2. The third-order valence-corrected chi connectivity index (χ3v) is 5.88. The van der Waals surface area contributed by atoms with Crippen LogP contribution in [-0.2, 0) is 4.79 Å². The second-order valence-electron chi connectivity index (χ2n) is 7.66. The first-order valence-electron chi connectivity index (χ1n) is 10.4. The minimum Gasteiger partial charge on any atom is -0.497 e. The number of piperidine rings is 1. The number of ether oxygens (including phenoxy) is 1. The van der Waals surface area contributed by atoms with Crippen LogP contribution in [-0.4, -0.2) is 41.0 Å². The maximum absolute atomic E-state index is 12.8. The van der Waals surface area contributed by atoms with Gasteiger partial charge >= 0.3 is 0 Å². The van der Waals surface area contributed by atoms with Crippen molar-refractivity contribution in [1.29, 1.82) is 0 Å². The number of amides is 1. The molecule has 0 aliphatic carbocycles. The quantitative estimate of drug-likeness (QED) is 0.417. The van der Waals surface area contributed by atoms with E-state index in [0.29, 0.717) is 31.0 Å². The molecule has 170 valence electrons. The van der Waals surface area contributed by atoms with Gasteiger partial charge in [0, 0.05) is 41.7 Å². The highest BCUT2D eigenvalue weighted by molar-refractivity contribution is 6.31. The highest BCUT2D eigenvalue weighted by Gasteiger charge is 2.27. The van der Waals surface area contributed by atoms with Crippen LogP contribution >= 0.6 is 11.6 Å². The molecule has 0 atom stereocenters. The summed E-state index contributed by atoms with van der Waals surface area (Å²) in [5, 5.41) is 14.2. The number of anilines is 2. The van der Waals surface area contributed by atoms with Crippen LogP contribution in [0.2, 0.25) is 5.02 Å². The molecule has 2 aromatic carbocycles. The van der Waals surface area contributed by atoms with Gasteiger partial charge < -0.3 is 15.0 Å². The molecule has 1 aliphatic heterocycles. The van der Waals surface area contributed by atoms with E-state index >= 15 is 0 Å². The summed E-state index contributed by atoms with van der Waals surface area (Å²) in [5.41, 5.74) is 1.68. The van der Waals surface area contributed by atoms with E-state index in [2.05, 4.69) is 20.2 Å². The summed E-state index contributed by atoms with van der Waals surface area (Å²) in [6.07, 6.45) is 2.73. The van der Waals surface area contributed by atoms with Gasteiger partial charge in [-0.1, -0.05) is 11.6 Å². The molecule has 2 heterocycles. The molecule has 9 nitrogen and oxygen atoms in total. The van der Waals surface area contributed by atoms with E-state index in [-0.39, 0.29) is 23.2 Å². The summed E-state index contributed by atoms with van der Waals surface area (Å²) in [6, 6.07) is 13.7. The normalized spacial score (nSPS) is 14.1. The predicted molar refractivity (Wildman–Crippen MR) is 126 cm³/mol. The Bertz CT molecular complexity index is 1160. The molecular weight excluding hydrogens is 446 g/mol. The number of carbonyl (C=O) groups excluding carboxylic acids is 1. The lowest BCUT2D eigenvalue weighted by atomic mass is 9.95. The Kier molecular flexibility index (Phi) is 6.69. The Morgan fingerprint density at radius 1 is 1.15 bits per heavy atom. The molecule has 1 saturated heterocycles. The molecular formula is C23H22ClN5O4. The van der Waals surface area contributed by atoms with Crippen molar-refractivity contribution in [2.24, 2.45) is 5.92 Å². The molecule has 1 N–H and O–H groups in total. The van der Waals surface area contributed by atoms with Crippen molar-refractivity contribution in [3.63, 3.8) is 0 Å². The van der Waals surface area contributed by atoms with Crippen molar-refractivity contribution in [3.8, 4) is 17.0 Å². The number of nitrogens with one attached hydrogen (secondary N) is 1. The van der Waals surface area contributed by atoms with Crippen molar-refractivity contribution >= 4 is 34.7 Å². The summed E-state index contributed by atoms with van der Waals surface area (Å²) >= 11 is 5.95. The first-order valence-corrected chi connectivity index (χ1v) is 10.8. The molecule has 33 heavy (non-hydrogen) atoms. The molecule has 0 spiro atoms. The molecule has 10 heteroatoms. The van der Waals surface area contributed by atoms with E-state index in [4.69, 9.17) is 16.3 Å². The highest BCUT2D eigenvalue weighted by atomic mass is 35.5. The molecule has 0 bridgehead atoms. The fraction of sp³-hybridized carbons (Fsp3) is 0.261. The van der Waals surface area contributed by atoms with Crippen molar-refractivity contribution < 1.29 is 14.5 Å². The van der Waals surface area contributed by atoms with Gasteiger partial charge in [-0.15, -0.1) is 0 Å². The molecule has 1 aliphatic rings. The minimum absolute atomic E-state index is 0.111. The van der Waals surface area contributed by atoms with Crippen LogP contribution in [0.15, 0.2) is 54.9 Å². The van der Waals surface area contributed by atoms with E-state index < -0.39 is 4.92 Å². The third-order valence-electron chi connectivity index (χ3n) is 5.64.